The second-order valence-electron chi connectivity index (χ2n) is 3.37. The van der Waals surface area contributed by atoms with Gasteiger partial charge in [0.05, 0.1) is 12.3 Å². The summed E-state index contributed by atoms with van der Waals surface area (Å²) in [7, 11) is 1.89. The average Bonchev–Trinajstić information content (AvgIpc) is 2.52. The first-order valence-corrected chi connectivity index (χ1v) is 6.11. The molecule has 80 valence electrons. The summed E-state index contributed by atoms with van der Waals surface area (Å²) < 4.78 is 1.77. The summed E-state index contributed by atoms with van der Waals surface area (Å²) >= 11 is 1.87. The number of thioether (sulfide) groups is 1. The number of hydrogen-bond acceptors (Lipinski definition) is 3. The van der Waals surface area contributed by atoms with E-state index in [0.29, 0.717) is 0 Å². The SMILES string of the molecule is CCSCCC(O)Cc1cnn(C)c1. The molecule has 1 aromatic heterocycles. The molecule has 1 N–H and O–H groups in total. The molecule has 1 aromatic rings. The van der Waals surface area contributed by atoms with Crippen LogP contribution in [0.1, 0.15) is 18.9 Å². The van der Waals surface area contributed by atoms with E-state index in [-0.39, 0.29) is 6.10 Å². The van der Waals surface area contributed by atoms with Crippen molar-refractivity contribution in [3.8, 4) is 0 Å². The molecule has 4 heteroatoms. The van der Waals surface area contributed by atoms with Crippen LogP contribution in [0.4, 0.5) is 0 Å². The van der Waals surface area contributed by atoms with Crippen molar-refractivity contribution in [3.05, 3.63) is 18.0 Å². The molecule has 0 amide bonds. The number of aromatic nitrogens is 2. The van der Waals surface area contributed by atoms with Crippen molar-refractivity contribution in [1.29, 1.82) is 0 Å². The minimum Gasteiger partial charge on any atom is -0.393 e. The highest BCUT2D eigenvalue weighted by Crippen LogP contribution is 2.08. The van der Waals surface area contributed by atoms with E-state index >= 15 is 0 Å². The van der Waals surface area contributed by atoms with Crippen molar-refractivity contribution in [2.75, 3.05) is 11.5 Å². The van der Waals surface area contributed by atoms with E-state index in [2.05, 4.69) is 12.0 Å². The number of aliphatic hydroxyl groups excluding tert-OH is 1. The van der Waals surface area contributed by atoms with Crippen LogP contribution < -0.4 is 0 Å². The maximum atomic E-state index is 9.69. The Morgan fingerprint density at radius 2 is 2.43 bits per heavy atom. The van der Waals surface area contributed by atoms with Gasteiger partial charge in [-0.2, -0.15) is 16.9 Å². The highest BCUT2D eigenvalue weighted by atomic mass is 32.2. The van der Waals surface area contributed by atoms with Crippen LogP contribution in [0.5, 0.6) is 0 Å². The molecule has 1 heterocycles. The Kier molecular flexibility index (Phi) is 5.04. The molecule has 0 spiro atoms. The highest BCUT2D eigenvalue weighted by Gasteiger charge is 2.06. The Labute approximate surface area is 89.5 Å². The number of aryl methyl sites for hydroxylation is 1. The van der Waals surface area contributed by atoms with E-state index in [4.69, 9.17) is 0 Å². The van der Waals surface area contributed by atoms with Gasteiger partial charge >= 0.3 is 0 Å². The topological polar surface area (TPSA) is 38.1 Å². The van der Waals surface area contributed by atoms with Crippen LogP contribution in [0, 0.1) is 0 Å². The molecule has 0 aliphatic carbocycles. The monoisotopic (exact) mass is 214 g/mol. The summed E-state index contributed by atoms with van der Waals surface area (Å²) in [6.07, 6.45) is 5.14. The molecule has 0 radical (unpaired) electrons. The van der Waals surface area contributed by atoms with Gasteiger partial charge < -0.3 is 5.11 Å². The third kappa shape index (κ3) is 4.15. The third-order valence-corrected chi connectivity index (χ3v) is 2.96. The minimum absolute atomic E-state index is 0.224. The van der Waals surface area contributed by atoms with E-state index < -0.39 is 0 Å². The van der Waals surface area contributed by atoms with Gasteiger partial charge in [-0.25, -0.2) is 0 Å². The van der Waals surface area contributed by atoms with Crippen molar-refractivity contribution in [1.82, 2.24) is 9.78 Å². The Hall–Kier alpha value is -0.480. The van der Waals surface area contributed by atoms with Crippen molar-refractivity contribution in [2.24, 2.45) is 7.05 Å². The Balaban J connectivity index is 2.23. The zero-order chi connectivity index (χ0) is 10.4. The predicted molar refractivity (Wildman–Crippen MR) is 60.5 cm³/mol. The van der Waals surface area contributed by atoms with E-state index in [0.717, 1.165) is 29.9 Å². The highest BCUT2D eigenvalue weighted by molar-refractivity contribution is 7.99. The van der Waals surface area contributed by atoms with Crippen LogP contribution in [0.15, 0.2) is 12.4 Å². The van der Waals surface area contributed by atoms with Gasteiger partial charge in [-0.1, -0.05) is 6.92 Å². The number of rotatable bonds is 6. The molecule has 0 saturated heterocycles. The van der Waals surface area contributed by atoms with Gasteiger partial charge in [-0.15, -0.1) is 0 Å². The molecule has 0 aromatic carbocycles. The van der Waals surface area contributed by atoms with Gasteiger partial charge in [0.2, 0.25) is 0 Å². The first-order valence-electron chi connectivity index (χ1n) is 4.95. The summed E-state index contributed by atoms with van der Waals surface area (Å²) in [6, 6.07) is 0. The summed E-state index contributed by atoms with van der Waals surface area (Å²) in [4.78, 5) is 0. The van der Waals surface area contributed by atoms with Gasteiger partial charge in [0.1, 0.15) is 0 Å². The molecule has 1 atom stereocenters. The van der Waals surface area contributed by atoms with Crippen LogP contribution in [0.3, 0.4) is 0 Å². The Morgan fingerprint density at radius 3 is 3.00 bits per heavy atom. The van der Waals surface area contributed by atoms with E-state index in [1.165, 1.54) is 0 Å². The largest absolute Gasteiger partial charge is 0.393 e. The summed E-state index contributed by atoms with van der Waals surface area (Å²) in [5.41, 5.74) is 1.11. The second-order valence-corrected chi connectivity index (χ2v) is 4.76. The first-order chi connectivity index (χ1) is 6.72. The molecule has 0 saturated carbocycles. The van der Waals surface area contributed by atoms with E-state index in [1.54, 1.807) is 4.68 Å². The lowest BCUT2D eigenvalue weighted by molar-refractivity contribution is 0.172. The van der Waals surface area contributed by atoms with Gasteiger partial charge in [-0.3, -0.25) is 4.68 Å². The molecule has 0 bridgehead atoms. The second kappa shape index (κ2) is 6.09. The molecule has 0 fully saturated rings. The maximum Gasteiger partial charge on any atom is 0.0589 e. The fourth-order valence-corrected chi connectivity index (χ4v) is 2.04. The molecular weight excluding hydrogens is 196 g/mol. The lowest BCUT2D eigenvalue weighted by Gasteiger charge is -2.07. The van der Waals surface area contributed by atoms with Crippen LogP contribution in [-0.2, 0) is 13.5 Å². The smallest absolute Gasteiger partial charge is 0.0589 e. The fourth-order valence-electron chi connectivity index (χ4n) is 1.32. The Bertz CT molecular complexity index is 262. The first kappa shape index (κ1) is 11.6. The lowest BCUT2D eigenvalue weighted by atomic mass is 10.1. The van der Waals surface area contributed by atoms with Crippen molar-refractivity contribution < 1.29 is 5.11 Å². The molecule has 14 heavy (non-hydrogen) atoms. The normalized spacial score (nSPS) is 13.1. The minimum atomic E-state index is -0.224. The third-order valence-electron chi connectivity index (χ3n) is 2.03. The molecular formula is C10H18N2OS. The lowest BCUT2D eigenvalue weighted by Crippen LogP contribution is -2.11. The van der Waals surface area contributed by atoms with Gasteiger partial charge in [0, 0.05) is 19.7 Å². The van der Waals surface area contributed by atoms with E-state index in [9.17, 15) is 5.11 Å². The zero-order valence-electron chi connectivity index (χ0n) is 8.81. The summed E-state index contributed by atoms with van der Waals surface area (Å²) in [5.74, 6) is 2.16. The molecule has 0 aliphatic heterocycles. The van der Waals surface area contributed by atoms with Crippen LogP contribution >= 0.6 is 11.8 Å². The van der Waals surface area contributed by atoms with Gasteiger partial charge in [0.15, 0.2) is 0 Å². The maximum absolute atomic E-state index is 9.69. The quantitative estimate of drug-likeness (QED) is 0.729. The molecule has 1 unspecified atom stereocenters. The van der Waals surface area contributed by atoms with Crippen LogP contribution in [0.25, 0.3) is 0 Å². The van der Waals surface area contributed by atoms with Crippen LogP contribution in [0.2, 0.25) is 0 Å². The predicted octanol–water partition coefficient (Wildman–Crippen LogP) is 1.47. The van der Waals surface area contributed by atoms with Gasteiger partial charge in [-0.05, 0) is 23.5 Å². The van der Waals surface area contributed by atoms with Crippen molar-refractivity contribution >= 4 is 11.8 Å². The molecule has 1 rings (SSSR count). The standard InChI is InChI=1S/C10H18N2OS/c1-3-14-5-4-10(13)6-9-7-11-12(2)8-9/h7-8,10,13H,3-6H2,1-2H3. The van der Waals surface area contributed by atoms with Crippen molar-refractivity contribution in [3.63, 3.8) is 0 Å². The number of nitrogens with zero attached hydrogens (tertiary/aromatic N) is 2. The summed E-state index contributed by atoms with van der Waals surface area (Å²) in [5, 5.41) is 13.8. The van der Waals surface area contributed by atoms with Gasteiger partial charge in [0.25, 0.3) is 0 Å². The molecule has 0 aliphatic rings. The van der Waals surface area contributed by atoms with E-state index in [1.807, 2.05) is 31.2 Å². The number of aliphatic hydroxyl groups is 1. The average molecular weight is 214 g/mol. The Morgan fingerprint density at radius 1 is 1.64 bits per heavy atom. The van der Waals surface area contributed by atoms with Crippen molar-refractivity contribution in [2.45, 2.75) is 25.9 Å². The zero-order valence-corrected chi connectivity index (χ0v) is 9.63. The molecule has 3 nitrogen and oxygen atoms in total. The fraction of sp³-hybridized carbons (Fsp3) is 0.700. The number of hydrogen-bond donors (Lipinski definition) is 1. The van der Waals surface area contributed by atoms with Crippen LogP contribution in [-0.4, -0.2) is 32.5 Å². The summed E-state index contributed by atoms with van der Waals surface area (Å²) in [6.45, 7) is 2.14.